The van der Waals surface area contributed by atoms with Crippen LogP contribution in [0.1, 0.15) is 20.8 Å². The summed E-state index contributed by atoms with van der Waals surface area (Å²) in [7, 11) is 0. The first-order chi connectivity index (χ1) is 5.92. The van der Waals surface area contributed by atoms with Gasteiger partial charge in [-0.15, -0.1) is 0 Å². The third kappa shape index (κ3) is 2.78. The molecule has 0 aromatic rings. The molecule has 1 saturated heterocycles. The molecule has 0 aromatic carbocycles. The van der Waals surface area contributed by atoms with Gasteiger partial charge in [0.25, 0.3) is 0 Å². The van der Waals surface area contributed by atoms with Crippen LogP contribution in [0.25, 0.3) is 0 Å². The molecule has 70 valence electrons. The van der Waals surface area contributed by atoms with Gasteiger partial charge in [-0.1, -0.05) is 0 Å². The van der Waals surface area contributed by atoms with Crippen molar-refractivity contribution in [3.8, 4) is 5.92 Å². The summed E-state index contributed by atoms with van der Waals surface area (Å²) < 4.78 is 5.13. The Morgan fingerprint density at radius 1 is 1.54 bits per heavy atom. The number of nitrogens with zero attached hydrogens (tertiary/aromatic N) is 1. The average molecular weight is 180 g/mol. The van der Waals surface area contributed by atoms with Crippen LogP contribution in [0.3, 0.4) is 0 Å². The molecule has 0 unspecified atom stereocenters. The van der Waals surface area contributed by atoms with Crippen LogP contribution in [-0.4, -0.2) is 29.7 Å². The summed E-state index contributed by atoms with van der Waals surface area (Å²) in [4.78, 5) is 12.9. The van der Waals surface area contributed by atoms with Crippen molar-refractivity contribution in [3.05, 3.63) is 6.42 Å². The number of carbonyl (C=O) groups excluding carboxylic acids is 1. The molecule has 1 rings (SSSR count). The van der Waals surface area contributed by atoms with Crippen molar-refractivity contribution in [2.24, 2.45) is 5.92 Å². The molecule has 0 saturated carbocycles. The SMILES string of the molecule is [C+]#CC1CN(C(=O)OC(C)(C)C)C1. The van der Waals surface area contributed by atoms with Crippen LogP contribution in [0.5, 0.6) is 0 Å². The van der Waals surface area contributed by atoms with Gasteiger partial charge >= 0.3 is 78.2 Å². The monoisotopic (exact) mass is 180 g/mol. The van der Waals surface area contributed by atoms with Crippen LogP contribution >= 0.6 is 0 Å². The first-order valence-electron chi connectivity index (χ1n) is 4.32. The van der Waals surface area contributed by atoms with E-state index < -0.39 is 5.60 Å². The van der Waals surface area contributed by atoms with E-state index in [-0.39, 0.29) is 12.0 Å². The van der Waals surface area contributed by atoms with Crippen molar-refractivity contribution >= 4 is 6.09 Å². The molecular formula is C10H14NO2+. The predicted molar refractivity (Wildman–Crippen MR) is 48.4 cm³/mol. The molecule has 0 N–H and O–H groups in total. The molecule has 0 aromatic heterocycles. The summed E-state index contributed by atoms with van der Waals surface area (Å²) in [5.41, 5.74) is -0.434. The van der Waals surface area contributed by atoms with Gasteiger partial charge in [0.05, 0.1) is 0 Å². The fourth-order valence-corrected chi connectivity index (χ4v) is 1.05. The molecule has 3 nitrogen and oxygen atoms in total. The standard InChI is InChI=1S/C10H14NO2/c1-5-8-6-11(7-8)9(12)13-10(2,3)4/h8H,6-7H2,2-4H3/q+1. The van der Waals surface area contributed by atoms with Gasteiger partial charge < -0.3 is 0 Å². The Kier molecular flexibility index (Phi) is 2.67. The van der Waals surface area contributed by atoms with Crippen LogP contribution in [0, 0.1) is 18.3 Å². The number of rotatable bonds is 0. The predicted octanol–water partition coefficient (Wildman–Crippen LogP) is 1.44. The van der Waals surface area contributed by atoms with Gasteiger partial charge in [-0.05, 0) is 0 Å². The number of carbonyl (C=O) groups is 1. The zero-order valence-corrected chi connectivity index (χ0v) is 8.26. The Morgan fingerprint density at radius 3 is 2.46 bits per heavy atom. The normalized spacial score (nSPS) is 17.8. The molecule has 1 aliphatic heterocycles. The van der Waals surface area contributed by atoms with Crippen molar-refractivity contribution in [2.45, 2.75) is 26.4 Å². The van der Waals surface area contributed by atoms with E-state index in [2.05, 4.69) is 5.92 Å². The Labute approximate surface area is 79.1 Å². The summed E-state index contributed by atoms with van der Waals surface area (Å²) in [6, 6.07) is 0. The fraction of sp³-hybridized carbons (Fsp3) is 0.700. The van der Waals surface area contributed by atoms with Crippen molar-refractivity contribution in [1.82, 2.24) is 4.90 Å². The van der Waals surface area contributed by atoms with E-state index in [1.165, 1.54) is 0 Å². The second-order valence-corrected chi connectivity index (χ2v) is 4.23. The fourth-order valence-electron chi connectivity index (χ4n) is 1.05. The first-order valence-corrected chi connectivity index (χ1v) is 4.32. The molecule has 0 bridgehead atoms. The van der Waals surface area contributed by atoms with Gasteiger partial charge in [-0.2, -0.15) is 0 Å². The van der Waals surface area contributed by atoms with E-state index in [4.69, 9.17) is 11.2 Å². The third-order valence-corrected chi connectivity index (χ3v) is 1.74. The van der Waals surface area contributed by atoms with E-state index in [1.807, 2.05) is 20.8 Å². The molecule has 0 radical (unpaired) electrons. The maximum atomic E-state index is 11.3. The van der Waals surface area contributed by atoms with Gasteiger partial charge in [-0.3, -0.25) is 0 Å². The molecule has 0 atom stereocenters. The molecule has 0 spiro atoms. The number of likely N-dealkylation sites (tertiary alicyclic amines) is 1. The van der Waals surface area contributed by atoms with Gasteiger partial charge in [0.15, 0.2) is 0 Å². The van der Waals surface area contributed by atoms with Crippen molar-refractivity contribution in [1.29, 1.82) is 0 Å². The average Bonchev–Trinajstić information content (AvgIpc) is 1.79. The number of ether oxygens (including phenoxy) is 1. The third-order valence-electron chi connectivity index (χ3n) is 1.74. The molecule has 1 heterocycles. The maximum absolute atomic E-state index is 11.3. The molecule has 1 fully saturated rings. The van der Waals surface area contributed by atoms with E-state index in [1.54, 1.807) is 4.90 Å². The van der Waals surface area contributed by atoms with Crippen LogP contribution in [0.15, 0.2) is 0 Å². The van der Waals surface area contributed by atoms with Crippen LogP contribution < -0.4 is 0 Å². The first kappa shape index (κ1) is 10.1. The van der Waals surface area contributed by atoms with Gasteiger partial charge in [0.2, 0.25) is 0 Å². The Morgan fingerprint density at radius 2 is 2.08 bits per heavy atom. The van der Waals surface area contributed by atoms with Crippen molar-refractivity contribution in [3.63, 3.8) is 0 Å². The van der Waals surface area contributed by atoms with Gasteiger partial charge in [0.1, 0.15) is 0 Å². The molecule has 1 amide bonds. The summed E-state index contributed by atoms with van der Waals surface area (Å²) in [6.45, 7) is 6.65. The number of hydrogen-bond acceptors (Lipinski definition) is 2. The summed E-state index contributed by atoms with van der Waals surface area (Å²) in [5.74, 6) is 2.45. The van der Waals surface area contributed by atoms with Gasteiger partial charge in [-0.25, -0.2) is 0 Å². The van der Waals surface area contributed by atoms with Crippen molar-refractivity contribution in [2.75, 3.05) is 13.1 Å². The molecule has 13 heavy (non-hydrogen) atoms. The molecule has 0 aliphatic carbocycles. The second-order valence-electron chi connectivity index (χ2n) is 4.23. The minimum atomic E-state index is -0.434. The van der Waals surface area contributed by atoms with Crippen LogP contribution in [0.4, 0.5) is 4.79 Å². The van der Waals surface area contributed by atoms with Crippen molar-refractivity contribution < 1.29 is 9.53 Å². The molecular weight excluding hydrogens is 166 g/mol. The minimum absolute atomic E-state index is 0.104. The molecule has 1 aliphatic rings. The Bertz CT molecular complexity index is 241. The van der Waals surface area contributed by atoms with E-state index in [0.29, 0.717) is 13.1 Å². The zero-order chi connectivity index (χ0) is 10.1. The zero-order valence-electron chi connectivity index (χ0n) is 8.26. The van der Waals surface area contributed by atoms with Gasteiger partial charge in [0, 0.05) is 0 Å². The Hall–Kier alpha value is -0.950. The summed E-state index contributed by atoms with van der Waals surface area (Å²) >= 11 is 0. The Balaban J connectivity index is 2.33. The summed E-state index contributed by atoms with van der Waals surface area (Å²) in [5, 5.41) is 0. The quantitative estimate of drug-likeness (QED) is 0.417. The van der Waals surface area contributed by atoms with E-state index in [0.717, 1.165) is 0 Å². The van der Waals surface area contributed by atoms with E-state index in [9.17, 15) is 4.79 Å². The summed E-state index contributed by atoms with van der Waals surface area (Å²) in [6.07, 6.45) is 6.55. The second kappa shape index (κ2) is 3.43. The van der Waals surface area contributed by atoms with E-state index >= 15 is 0 Å². The molecule has 3 heteroatoms. The van der Waals surface area contributed by atoms with Crippen LogP contribution in [-0.2, 0) is 4.74 Å². The van der Waals surface area contributed by atoms with Crippen LogP contribution in [0.2, 0.25) is 0 Å². The number of amides is 1. The topological polar surface area (TPSA) is 29.5 Å². The number of hydrogen-bond donors (Lipinski definition) is 0.